The van der Waals surface area contributed by atoms with Crippen molar-refractivity contribution < 1.29 is 18.0 Å². The van der Waals surface area contributed by atoms with Crippen LogP contribution in [-0.2, 0) is 18.0 Å². The number of benzene rings is 6. The molecule has 6 heteroatoms. The number of rotatable bonds is 10. The maximum absolute atomic E-state index is 14.6. The highest BCUT2D eigenvalue weighted by molar-refractivity contribution is 8.30. The molecule has 4 nitrogen and oxygen atoms in total. The van der Waals surface area contributed by atoms with Crippen LogP contribution in [0.5, 0.6) is 0 Å². The molecule has 6 aromatic rings. The van der Waals surface area contributed by atoms with E-state index in [0.717, 1.165) is 29.4 Å². The summed E-state index contributed by atoms with van der Waals surface area (Å²) in [5.74, 6) is -1.34. The lowest BCUT2D eigenvalue weighted by atomic mass is 9.95. The van der Waals surface area contributed by atoms with Crippen molar-refractivity contribution >= 4 is 32.6 Å². The first-order chi connectivity index (χ1) is 22.9. The van der Waals surface area contributed by atoms with Crippen LogP contribution < -0.4 is 0 Å². The third-order valence-corrected chi connectivity index (χ3v) is 14.3. The van der Waals surface area contributed by atoms with E-state index in [0.29, 0.717) is 0 Å². The third-order valence-electron chi connectivity index (χ3n) is 7.87. The number of carbonyl (C=O) groups excluding carboxylic acids is 2. The molecule has 0 bridgehead atoms. The Labute approximate surface area is 280 Å². The van der Waals surface area contributed by atoms with Gasteiger partial charge in [0.2, 0.25) is 0 Å². The maximum Gasteiger partial charge on any atom is 0.334 e. The van der Waals surface area contributed by atoms with Crippen LogP contribution in [0, 0.1) is 5.41 Å². The molecule has 0 atom stereocenters. The zero-order chi connectivity index (χ0) is 32.7. The van der Waals surface area contributed by atoms with Crippen molar-refractivity contribution in [1.82, 2.24) is 0 Å². The zero-order valence-electron chi connectivity index (χ0n) is 26.3. The van der Waals surface area contributed by atoms with Crippen LogP contribution in [-0.4, -0.2) is 11.9 Å². The Hall–Kier alpha value is -5.04. The molecule has 0 aliphatic rings. The van der Waals surface area contributed by atoms with Crippen molar-refractivity contribution in [2.24, 2.45) is 5.41 Å². The second kappa shape index (κ2) is 13.8. The molecule has 0 aliphatic heterocycles. The van der Waals surface area contributed by atoms with E-state index in [-0.39, 0.29) is 0 Å². The molecular formula is C41H36O4S2. The molecule has 236 valence electrons. The van der Waals surface area contributed by atoms with Gasteiger partial charge < -0.3 is 8.37 Å². The maximum atomic E-state index is 14.6. The first-order valence-electron chi connectivity index (χ1n) is 15.3. The minimum absolute atomic E-state index is 0.670. The van der Waals surface area contributed by atoms with Crippen LogP contribution in [0.2, 0.25) is 0 Å². The standard InChI is InChI=1S/C41H36O4S2/c1-41(2,39(42)44-46(33-21-9-3-10-22-33,34-23-11-4-12-24-34)35-25-13-5-14-26-35)40(43)45-47(36-27-15-6-16-28-36,37-29-17-7-18-30-37)38-31-19-8-20-32-38/h3-32H,1-2H3. The van der Waals surface area contributed by atoms with E-state index >= 15 is 0 Å². The summed E-state index contributed by atoms with van der Waals surface area (Å²) in [5, 5.41) is 0. The van der Waals surface area contributed by atoms with Crippen LogP contribution in [0.15, 0.2) is 211 Å². The van der Waals surface area contributed by atoms with Gasteiger partial charge in [-0.05, 0) is 107 Å². The molecule has 0 saturated heterocycles. The SMILES string of the molecule is CC(C)(C(=O)OS(c1ccccc1)(c1ccccc1)c1ccccc1)C(=O)OS(c1ccccc1)(c1ccccc1)c1ccccc1. The van der Waals surface area contributed by atoms with Gasteiger partial charge in [-0.3, -0.25) is 0 Å². The molecule has 0 spiro atoms. The molecular weight excluding hydrogens is 621 g/mol. The minimum Gasteiger partial charge on any atom is -0.401 e. The highest BCUT2D eigenvalue weighted by Crippen LogP contribution is 2.71. The summed E-state index contributed by atoms with van der Waals surface area (Å²) in [7, 11) is -5.20. The second-order valence-corrected chi connectivity index (χ2v) is 16.7. The lowest BCUT2D eigenvalue weighted by Gasteiger charge is -2.43. The van der Waals surface area contributed by atoms with Gasteiger partial charge in [-0.1, -0.05) is 109 Å². The van der Waals surface area contributed by atoms with Gasteiger partial charge in [-0.2, -0.15) is 0 Å². The van der Waals surface area contributed by atoms with E-state index in [2.05, 4.69) is 0 Å². The van der Waals surface area contributed by atoms with Crippen molar-refractivity contribution in [2.45, 2.75) is 43.2 Å². The Kier molecular flexibility index (Phi) is 9.34. The predicted octanol–water partition coefficient (Wildman–Crippen LogP) is 10.9. The molecule has 0 amide bonds. The average Bonchev–Trinajstić information content (AvgIpc) is 3.14. The number of carbonyl (C=O) groups is 2. The molecule has 0 fully saturated rings. The van der Waals surface area contributed by atoms with Gasteiger partial charge in [0.1, 0.15) is 0 Å². The molecule has 0 N–H and O–H groups in total. The van der Waals surface area contributed by atoms with E-state index in [1.165, 1.54) is 0 Å². The normalized spacial score (nSPS) is 12.5. The van der Waals surface area contributed by atoms with Gasteiger partial charge in [0.05, 0.1) is 0 Å². The molecule has 0 radical (unpaired) electrons. The van der Waals surface area contributed by atoms with Crippen molar-refractivity contribution in [1.29, 1.82) is 0 Å². The molecule has 6 aromatic carbocycles. The van der Waals surface area contributed by atoms with E-state index in [1.807, 2.05) is 182 Å². The predicted molar refractivity (Wildman–Crippen MR) is 189 cm³/mol. The average molecular weight is 657 g/mol. The molecule has 0 heterocycles. The van der Waals surface area contributed by atoms with Gasteiger partial charge in [0.15, 0.2) is 5.41 Å². The summed E-state index contributed by atoms with van der Waals surface area (Å²) in [6, 6.07) is 58.6. The van der Waals surface area contributed by atoms with Crippen molar-refractivity contribution in [3.05, 3.63) is 182 Å². The van der Waals surface area contributed by atoms with Crippen molar-refractivity contribution in [3.63, 3.8) is 0 Å². The fraction of sp³-hybridized carbons (Fsp3) is 0.0732. The Morgan fingerprint density at radius 2 is 0.532 bits per heavy atom. The van der Waals surface area contributed by atoms with Crippen LogP contribution >= 0.6 is 20.6 Å². The summed E-state index contributed by atoms with van der Waals surface area (Å²) in [6.45, 7) is 3.18. The van der Waals surface area contributed by atoms with Crippen LogP contribution in [0.3, 0.4) is 0 Å². The fourth-order valence-corrected chi connectivity index (χ4v) is 11.6. The van der Waals surface area contributed by atoms with Crippen molar-refractivity contribution in [3.8, 4) is 0 Å². The van der Waals surface area contributed by atoms with E-state index < -0.39 is 38.0 Å². The molecule has 0 aliphatic carbocycles. The van der Waals surface area contributed by atoms with Gasteiger partial charge in [0.25, 0.3) is 0 Å². The largest absolute Gasteiger partial charge is 0.401 e. The smallest absolute Gasteiger partial charge is 0.334 e. The van der Waals surface area contributed by atoms with Gasteiger partial charge >= 0.3 is 11.9 Å². The van der Waals surface area contributed by atoms with Crippen LogP contribution in [0.25, 0.3) is 0 Å². The first-order valence-corrected chi connectivity index (χ1v) is 18.5. The first kappa shape index (κ1) is 31.9. The summed E-state index contributed by atoms with van der Waals surface area (Å²) < 4.78 is 13.5. The summed E-state index contributed by atoms with van der Waals surface area (Å²) in [5.41, 5.74) is -1.67. The topological polar surface area (TPSA) is 52.6 Å². The molecule has 0 aromatic heterocycles. The van der Waals surface area contributed by atoms with Crippen molar-refractivity contribution in [2.75, 3.05) is 0 Å². The lowest BCUT2D eigenvalue weighted by molar-refractivity contribution is -0.157. The van der Waals surface area contributed by atoms with Gasteiger partial charge in [0, 0.05) is 29.4 Å². The van der Waals surface area contributed by atoms with Gasteiger partial charge in [-0.25, -0.2) is 9.59 Å². The fourth-order valence-electron chi connectivity index (χ4n) is 5.30. The summed E-state index contributed by atoms with van der Waals surface area (Å²) in [4.78, 5) is 34.3. The zero-order valence-corrected chi connectivity index (χ0v) is 27.9. The third kappa shape index (κ3) is 6.10. The Morgan fingerprint density at radius 3 is 0.702 bits per heavy atom. The lowest BCUT2D eigenvalue weighted by Crippen LogP contribution is -2.38. The number of hydrogen-bond acceptors (Lipinski definition) is 4. The highest BCUT2D eigenvalue weighted by atomic mass is 32.3. The van der Waals surface area contributed by atoms with E-state index in [4.69, 9.17) is 8.37 Å². The highest BCUT2D eigenvalue weighted by Gasteiger charge is 2.48. The minimum atomic E-state index is -2.60. The quantitative estimate of drug-likeness (QED) is 0.138. The summed E-state index contributed by atoms with van der Waals surface area (Å²) in [6.07, 6.45) is 0. The molecule has 0 saturated carbocycles. The Bertz CT molecular complexity index is 1580. The molecule has 6 rings (SSSR count). The Morgan fingerprint density at radius 1 is 0.362 bits per heavy atom. The monoisotopic (exact) mass is 656 g/mol. The number of hydrogen-bond donors (Lipinski definition) is 0. The molecule has 47 heavy (non-hydrogen) atoms. The van der Waals surface area contributed by atoms with E-state index in [9.17, 15) is 9.59 Å². The van der Waals surface area contributed by atoms with Crippen LogP contribution in [0.4, 0.5) is 0 Å². The van der Waals surface area contributed by atoms with Crippen LogP contribution in [0.1, 0.15) is 13.8 Å². The second-order valence-electron chi connectivity index (χ2n) is 11.4. The molecule has 0 unspecified atom stereocenters. The Balaban J connectivity index is 1.47. The summed E-state index contributed by atoms with van der Waals surface area (Å²) >= 11 is 0. The van der Waals surface area contributed by atoms with Gasteiger partial charge in [-0.15, -0.1) is 0 Å². The van der Waals surface area contributed by atoms with E-state index in [1.54, 1.807) is 13.8 Å².